The van der Waals surface area contributed by atoms with E-state index < -0.39 is 32.0 Å². The van der Waals surface area contributed by atoms with E-state index in [1.54, 1.807) is 24.3 Å². The normalized spacial score (nSPS) is 11.7. The molecular weight excluding hydrogens is 380 g/mol. The zero-order valence-electron chi connectivity index (χ0n) is 13.7. The van der Waals surface area contributed by atoms with Crippen LogP contribution in [0.4, 0.5) is 14.5 Å². The van der Waals surface area contributed by atoms with E-state index in [1.165, 1.54) is 16.7 Å². The van der Waals surface area contributed by atoms with E-state index in [0.29, 0.717) is 11.0 Å². The molecule has 0 saturated heterocycles. The van der Waals surface area contributed by atoms with Crippen molar-refractivity contribution in [2.45, 2.75) is 17.2 Å². The number of anilines is 1. The number of hydrogen-bond donors (Lipinski definition) is 1. The molecule has 1 heterocycles. The number of carbonyl (C=O) groups is 1. The number of halogens is 2. The van der Waals surface area contributed by atoms with Gasteiger partial charge in [0.15, 0.2) is 0 Å². The molecule has 0 saturated carbocycles. The summed E-state index contributed by atoms with van der Waals surface area (Å²) in [6.45, 7) is -0.293. The number of sulfone groups is 1. The predicted octanol–water partition coefficient (Wildman–Crippen LogP) is 2.03. The maximum atomic E-state index is 12.5. The number of carbonyl (C=O) groups excluding carboxylic acids is 1. The van der Waals surface area contributed by atoms with Crippen LogP contribution in [0.2, 0.25) is 0 Å². The number of benzene rings is 2. The van der Waals surface area contributed by atoms with Crippen molar-refractivity contribution in [1.29, 1.82) is 0 Å². The van der Waals surface area contributed by atoms with E-state index in [2.05, 4.69) is 10.3 Å². The van der Waals surface area contributed by atoms with E-state index in [9.17, 15) is 26.8 Å². The van der Waals surface area contributed by atoms with Gasteiger partial charge in [0, 0.05) is 5.69 Å². The van der Waals surface area contributed by atoms with Crippen LogP contribution >= 0.6 is 0 Å². The first kappa shape index (κ1) is 18.6. The molecular formula is C17H13F2N3O4S. The molecule has 0 fully saturated rings. The smallest absolute Gasteiger partial charge is 0.325 e. The van der Waals surface area contributed by atoms with Crippen LogP contribution in [0, 0.1) is 0 Å². The fourth-order valence-electron chi connectivity index (χ4n) is 2.45. The molecule has 0 spiro atoms. The fraction of sp³-hybridized carbons (Fsp3) is 0.118. The minimum Gasteiger partial charge on any atom is -0.325 e. The number of alkyl halides is 2. The molecule has 3 aromatic rings. The third-order valence-corrected chi connectivity index (χ3v) is 5.15. The highest BCUT2D eigenvalue weighted by atomic mass is 32.2. The van der Waals surface area contributed by atoms with Gasteiger partial charge >= 0.3 is 5.76 Å². The first-order chi connectivity index (χ1) is 12.8. The van der Waals surface area contributed by atoms with E-state index in [4.69, 9.17) is 0 Å². The van der Waals surface area contributed by atoms with Gasteiger partial charge < -0.3 is 5.32 Å². The van der Waals surface area contributed by atoms with E-state index >= 15 is 0 Å². The Morgan fingerprint density at radius 1 is 1.11 bits per heavy atom. The number of amides is 1. The summed E-state index contributed by atoms with van der Waals surface area (Å²) >= 11 is 0. The Kier molecular flexibility index (Phi) is 5.00. The molecule has 0 bridgehead atoms. The Balaban J connectivity index is 1.79. The van der Waals surface area contributed by atoms with E-state index in [1.807, 2.05) is 0 Å². The van der Waals surface area contributed by atoms with Gasteiger partial charge in [-0.1, -0.05) is 12.1 Å². The zero-order valence-corrected chi connectivity index (χ0v) is 14.5. The lowest BCUT2D eigenvalue weighted by Crippen LogP contribution is -2.28. The lowest BCUT2D eigenvalue weighted by atomic mass is 10.3. The van der Waals surface area contributed by atoms with Crippen LogP contribution in [0.3, 0.4) is 0 Å². The zero-order chi connectivity index (χ0) is 19.6. The molecule has 1 N–H and O–H groups in total. The molecule has 0 radical (unpaired) electrons. The molecule has 7 nitrogen and oxygen atoms in total. The molecule has 2 aromatic carbocycles. The van der Waals surface area contributed by atoms with Crippen molar-refractivity contribution >= 4 is 32.5 Å². The van der Waals surface area contributed by atoms with Crippen LogP contribution in [-0.4, -0.2) is 29.6 Å². The standard InChI is InChI=1S/C17H13F2N3O4S/c18-17(19)27(25,26)12-7-5-11(6-8-12)21-15(23)10-22-14-4-2-1-3-13(14)20-9-16(22)24/h1-9,17H,10H2,(H,21,23). The summed E-state index contributed by atoms with van der Waals surface area (Å²) in [5.74, 6) is -4.07. The van der Waals surface area contributed by atoms with Gasteiger partial charge in [0.05, 0.1) is 22.1 Å². The molecule has 1 amide bonds. The molecule has 27 heavy (non-hydrogen) atoms. The monoisotopic (exact) mass is 393 g/mol. The average molecular weight is 393 g/mol. The van der Waals surface area contributed by atoms with Gasteiger partial charge in [-0.05, 0) is 36.4 Å². The van der Waals surface area contributed by atoms with E-state index in [0.717, 1.165) is 18.3 Å². The second kappa shape index (κ2) is 7.23. The summed E-state index contributed by atoms with van der Waals surface area (Å²) in [4.78, 5) is 27.7. The summed E-state index contributed by atoms with van der Waals surface area (Å²) in [6, 6.07) is 11.2. The van der Waals surface area contributed by atoms with Crippen molar-refractivity contribution in [2.24, 2.45) is 0 Å². The van der Waals surface area contributed by atoms with E-state index in [-0.39, 0.29) is 12.2 Å². The third-order valence-electron chi connectivity index (χ3n) is 3.76. The highest BCUT2D eigenvalue weighted by Gasteiger charge is 2.26. The van der Waals surface area contributed by atoms with Gasteiger partial charge in [-0.15, -0.1) is 0 Å². The topological polar surface area (TPSA) is 98.1 Å². The largest absolute Gasteiger partial charge is 0.341 e. The molecule has 1 aromatic heterocycles. The van der Waals surface area contributed by atoms with Gasteiger partial charge in [-0.3, -0.25) is 14.2 Å². The van der Waals surface area contributed by atoms with Crippen LogP contribution in [0.15, 0.2) is 64.4 Å². The second-order valence-electron chi connectivity index (χ2n) is 5.55. The minimum atomic E-state index is -4.70. The first-order valence-electron chi connectivity index (χ1n) is 7.65. The Hall–Kier alpha value is -3.14. The summed E-state index contributed by atoms with van der Waals surface area (Å²) < 4.78 is 49.1. The Bertz CT molecular complexity index is 1160. The molecule has 0 unspecified atom stereocenters. The van der Waals surface area contributed by atoms with Gasteiger partial charge in [0.25, 0.3) is 5.56 Å². The summed E-state index contributed by atoms with van der Waals surface area (Å²) in [5.41, 5.74) is 0.784. The summed E-state index contributed by atoms with van der Waals surface area (Å²) in [5, 5.41) is 2.49. The van der Waals surface area contributed by atoms with Crippen LogP contribution < -0.4 is 10.9 Å². The number of nitrogens with zero attached hydrogens (tertiary/aromatic N) is 2. The third kappa shape index (κ3) is 3.85. The number of aromatic nitrogens is 2. The quantitative estimate of drug-likeness (QED) is 0.715. The molecule has 0 aliphatic heterocycles. The maximum absolute atomic E-state index is 12.5. The van der Waals surface area contributed by atoms with Gasteiger partial charge in [0.2, 0.25) is 15.7 Å². The summed E-state index contributed by atoms with van der Waals surface area (Å²) in [6.07, 6.45) is 1.11. The lowest BCUT2D eigenvalue weighted by molar-refractivity contribution is -0.116. The number of nitrogens with one attached hydrogen (secondary N) is 1. The number of fused-ring (bicyclic) bond motifs is 1. The minimum absolute atomic E-state index is 0.208. The maximum Gasteiger partial charge on any atom is 0.341 e. The lowest BCUT2D eigenvalue weighted by Gasteiger charge is -2.10. The Labute approximate surface area is 152 Å². The molecule has 0 aliphatic carbocycles. The molecule has 0 aliphatic rings. The number of rotatable bonds is 5. The highest BCUT2D eigenvalue weighted by molar-refractivity contribution is 7.91. The average Bonchev–Trinajstić information content (AvgIpc) is 2.64. The molecule has 3 rings (SSSR count). The van der Waals surface area contributed by atoms with Crippen LogP contribution in [0.5, 0.6) is 0 Å². The van der Waals surface area contributed by atoms with Crippen molar-refractivity contribution in [2.75, 3.05) is 5.32 Å². The van der Waals surface area contributed by atoms with Crippen molar-refractivity contribution in [3.63, 3.8) is 0 Å². The van der Waals surface area contributed by atoms with Crippen molar-refractivity contribution < 1.29 is 22.0 Å². The first-order valence-corrected chi connectivity index (χ1v) is 9.20. The van der Waals surface area contributed by atoms with Crippen molar-refractivity contribution in [3.05, 3.63) is 65.1 Å². The fourth-order valence-corrected chi connectivity index (χ4v) is 3.17. The van der Waals surface area contributed by atoms with Gasteiger partial charge in [0.1, 0.15) is 6.54 Å². The van der Waals surface area contributed by atoms with Crippen LogP contribution in [0.25, 0.3) is 11.0 Å². The van der Waals surface area contributed by atoms with Crippen LogP contribution in [0.1, 0.15) is 0 Å². The second-order valence-corrected chi connectivity index (χ2v) is 7.47. The number of para-hydroxylation sites is 2. The molecule has 0 atom stereocenters. The SMILES string of the molecule is O=C(Cn1c(=O)cnc2ccccc21)Nc1ccc(S(=O)(=O)C(F)F)cc1. The van der Waals surface area contributed by atoms with Gasteiger partial charge in [-0.25, -0.2) is 13.4 Å². The predicted molar refractivity (Wildman–Crippen MR) is 94.3 cm³/mol. The highest BCUT2D eigenvalue weighted by Crippen LogP contribution is 2.20. The van der Waals surface area contributed by atoms with Gasteiger partial charge in [-0.2, -0.15) is 8.78 Å². The molecule has 10 heteroatoms. The Morgan fingerprint density at radius 3 is 2.44 bits per heavy atom. The number of hydrogen-bond acceptors (Lipinski definition) is 5. The summed E-state index contributed by atoms with van der Waals surface area (Å²) in [7, 11) is -4.70. The van der Waals surface area contributed by atoms with Crippen LogP contribution in [-0.2, 0) is 21.2 Å². The Morgan fingerprint density at radius 2 is 1.78 bits per heavy atom. The van der Waals surface area contributed by atoms with Crippen molar-refractivity contribution in [3.8, 4) is 0 Å². The van der Waals surface area contributed by atoms with Crippen molar-refractivity contribution in [1.82, 2.24) is 9.55 Å². The molecule has 140 valence electrons.